The third-order valence-corrected chi connectivity index (χ3v) is 2.37. The van der Waals surface area contributed by atoms with Crippen molar-refractivity contribution in [2.75, 3.05) is 19.7 Å². The van der Waals surface area contributed by atoms with Crippen LogP contribution in [0.5, 0.6) is 0 Å². The minimum Gasteiger partial charge on any atom is -0.395 e. The first-order valence-electron chi connectivity index (χ1n) is 5.19. The minimum absolute atomic E-state index is 0.00489. The molecule has 84 valence electrons. The van der Waals surface area contributed by atoms with E-state index in [1.165, 1.54) is 0 Å². The van der Waals surface area contributed by atoms with Gasteiger partial charge in [-0.1, -0.05) is 6.92 Å². The molecule has 0 saturated carbocycles. The molecule has 4 heteroatoms. The molecule has 0 saturated heterocycles. The minimum atomic E-state index is -0.107. The molecule has 0 aliphatic heterocycles. The molecule has 3 N–H and O–H groups in total. The molecule has 1 unspecified atom stereocenters. The molecule has 1 atom stereocenters. The molecule has 1 amide bonds. The van der Waals surface area contributed by atoms with Gasteiger partial charge in [0, 0.05) is 19.1 Å². The van der Waals surface area contributed by atoms with E-state index in [1.54, 1.807) is 4.90 Å². The Morgan fingerprint density at radius 2 is 2.07 bits per heavy atom. The van der Waals surface area contributed by atoms with Gasteiger partial charge in [0.25, 0.3) is 0 Å². The molecule has 4 nitrogen and oxygen atoms in total. The fourth-order valence-corrected chi connectivity index (χ4v) is 1.41. The normalized spacial score (nSPS) is 13.0. The zero-order valence-electron chi connectivity index (χ0n) is 9.36. The van der Waals surface area contributed by atoms with Gasteiger partial charge in [-0.2, -0.15) is 0 Å². The summed E-state index contributed by atoms with van der Waals surface area (Å²) < 4.78 is 0. The molecule has 0 aliphatic rings. The zero-order valence-corrected chi connectivity index (χ0v) is 9.36. The molecule has 14 heavy (non-hydrogen) atoms. The average Bonchev–Trinajstić information content (AvgIpc) is 2.15. The first-order valence-corrected chi connectivity index (χ1v) is 5.19. The summed E-state index contributed by atoms with van der Waals surface area (Å²) in [4.78, 5) is 13.6. The fourth-order valence-electron chi connectivity index (χ4n) is 1.41. The van der Waals surface area contributed by atoms with Gasteiger partial charge in [0.1, 0.15) is 0 Å². The monoisotopic (exact) mass is 202 g/mol. The molecule has 0 spiro atoms. The molecule has 0 fully saturated rings. The van der Waals surface area contributed by atoms with Crippen LogP contribution in [0.15, 0.2) is 0 Å². The number of aliphatic hydroxyl groups excluding tert-OH is 1. The van der Waals surface area contributed by atoms with Crippen molar-refractivity contribution in [3.8, 4) is 0 Å². The Hall–Kier alpha value is -0.610. The van der Waals surface area contributed by atoms with E-state index < -0.39 is 0 Å². The average molecular weight is 202 g/mol. The first kappa shape index (κ1) is 13.4. The van der Waals surface area contributed by atoms with Gasteiger partial charge in [-0.15, -0.1) is 0 Å². The highest BCUT2D eigenvalue weighted by molar-refractivity contribution is 5.79. The van der Waals surface area contributed by atoms with Crippen molar-refractivity contribution in [1.29, 1.82) is 0 Å². The summed E-state index contributed by atoms with van der Waals surface area (Å²) in [7, 11) is 0. The lowest BCUT2D eigenvalue weighted by molar-refractivity contribution is -0.137. The summed E-state index contributed by atoms with van der Waals surface area (Å²) >= 11 is 0. The predicted octanol–water partition coefficient (Wildman–Crippen LogP) is 0.201. The number of nitrogens with zero attached hydrogens (tertiary/aromatic N) is 1. The van der Waals surface area contributed by atoms with Crippen LogP contribution in [0.25, 0.3) is 0 Å². The van der Waals surface area contributed by atoms with E-state index in [2.05, 4.69) is 0 Å². The van der Waals surface area contributed by atoms with Gasteiger partial charge in [0.05, 0.1) is 12.5 Å². The maximum Gasteiger partial charge on any atom is 0.227 e. The van der Waals surface area contributed by atoms with Crippen LogP contribution in [-0.4, -0.2) is 41.7 Å². The molecule has 0 radical (unpaired) electrons. The summed E-state index contributed by atoms with van der Waals surface area (Å²) in [5.41, 5.74) is 5.51. The highest BCUT2D eigenvalue weighted by Crippen LogP contribution is 2.09. The van der Waals surface area contributed by atoms with Gasteiger partial charge in [-0.05, 0) is 20.3 Å². The predicted molar refractivity (Wildman–Crippen MR) is 56.8 cm³/mol. The van der Waals surface area contributed by atoms with Crippen molar-refractivity contribution < 1.29 is 9.90 Å². The van der Waals surface area contributed by atoms with Gasteiger partial charge in [0.15, 0.2) is 0 Å². The SMILES string of the molecule is CCC(CN)C(=O)N(CCO)C(C)C. The van der Waals surface area contributed by atoms with Crippen LogP contribution < -0.4 is 5.73 Å². The van der Waals surface area contributed by atoms with E-state index in [4.69, 9.17) is 10.8 Å². The van der Waals surface area contributed by atoms with Crippen molar-refractivity contribution in [2.45, 2.75) is 33.2 Å². The Morgan fingerprint density at radius 3 is 2.36 bits per heavy atom. The molecule has 0 rings (SSSR count). The molecule has 0 aromatic heterocycles. The number of carbonyl (C=O) groups is 1. The van der Waals surface area contributed by atoms with Crippen LogP contribution >= 0.6 is 0 Å². The summed E-state index contributed by atoms with van der Waals surface area (Å²) in [5.74, 6) is -0.0528. The van der Waals surface area contributed by atoms with E-state index >= 15 is 0 Å². The molecule has 0 aromatic carbocycles. The quantitative estimate of drug-likeness (QED) is 0.646. The van der Waals surface area contributed by atoms with Crippen molar-refractivity contribution in [3.63, 3.8) is 0 Å². The second kappa shape index (κ2) is 6.79. The molecule has 0 aliphatic carbocycles. The number of aliphatic hydroxyl groups is 1. The summed E-state index contributed by atoms with van der Waals surface area (Å²) in [6, 6.07) is 0.121. The Kier molecular flexibility index (Phi) is 6.49. The van der Waals surface area contributed by atoms with Crippen molar-refractivity contribution >= 4 is 5.91 Å². The van der Waals surface area contributed by atoms with Crippen molar-refractivity contribution in [1.82, 2.24) is 4.90 Å². The van der Waals surface area contributed by atoms with Gasteiger partial charge < -0.3 is 15.7 Å². The number of hydrogen-bond acceptors (Lipinski definition) is 3. The third-order valence-electron chi connectivity index (χ3n) is 2.37. The van der Waals surface area contributed by atoms with Gasteiger partial charge >= 0.3 is 0 Å². The lowest BCUT2D eigenvalue weighted by Crippen LogP contribution is -2.44. The molecule has 0 heterocycles. The van der Waals surface area contributed by atoms with Crippen LogP contribution in [-0.2, 0) is 4.79 Å². The number of hydrogen-bond donors (Lipinski definition) is 2. The fraction of sp³-hybridized carbons (Fsp3) is 0.900. The van der Waals surface area contributed by atoms with Crippen LogP contribution in [0.4, 0.5) is 0 Å². The van der Waals surface area contributed by atoms with E-state index in [0.29, 0.717) is 13.1 Å². The molecule has 0 bridgehead atoms. The Bertz CT molecular complexity index is 168. The number of carbonyl (C=O) groups excluding carboxylic acids is 1. The smallest absolute Gasteiger partial charge is 0.227 e. The van der Waals surface area contributed by atoms with Crippen molar-refractivity contribution in [3.05, 3.63) is 0 Å². The number of rotatable bonds is 6. The molecular weight excluding hydrogens is 180 g/mol. The van der Waals surface area contributed by atoms with Crippen LogP contribution in [0.1, 0.15) is 27.2 Å². The summed E-state index contributed by atoms with van der Waals surface area (Å²) in [6.07, 6.45) is 0.754. The van der Waals surface area contributed by atoms with Crippen molar-refractivity contribution in [2.24, 2.45) is 11.7 Å². The van der Waals surface area contributed by atoms with Gasteiger partial charge in [-0.25, -0.2) is 0 Å². The second-order valence-electron chi connectivity index (χ2n) is 3.69. The van der Waals surface area contributed by atoms with E-state index in [0.717, 1.165) is 6.42 Å². The van der Waals surface area contributed by atoms with Gasteiger partial charge in [-0.3, -0.25) is 4.79 Å². The maximum absolute atomic E-state index is 11.9. The van der Waals surface area contributed by atoms with E-state index in [-0.39, 0.29) is 24.5 Å². The maximum atomic E-state index is 11.9. The van der Waals surface area contributed by atoms with E-state index in [1.807, 2.05) is 20.8 Å². The Labute approximate surface area is 86.1 Å². The van der Waals surface area contributed by atoms with Crippen LogP contribution in [0, 0.1) is 5.92 Å². The highest BCUT2D eigenvalue weighted by Gasteiger charge is 2.22. The van der Waals surface area contributed by atoms with E-state index in [9.17, 15) is 4.79 Å². The third kappa shape index (κ3) is 3.64. The second-order valence-corrected chi connectivity index (χ2v) is 3.69. The lowest BCUT2D eigenvalue weighted by atomic mass is 10.0. The number of amides is 1. The standard InChI is InChI=1S/C10H22N2O2/c1-4-9(7-11)10(14)12(5-6-13)8(2)3/h8-9,13H,4-7,11H2,1-3H3. The Morgan fingerprint density at radius 1 is 1.50 bits per heavy atom. The lowest BCUT2D eigenvalue weighted by Gasteiger charge is -2.29. The summed E-state index contributed by atoms with van der Waals surface area (Å²) in [6.45, 7) is 6.61. The Balaban J connectivity index is 4.40. The van der Waals surface area contributed by atoms with Gasteiger partial charge in [0.2, 0.25) is 5.91 Å². The van der Waals surface area contributed by atoms with Crippen LogP contribution in [0.2, 0.25) is 0 Å². The first-order chi connectivity index (χ1) is 6.58. The van der Waals surface area contributed by atoms with Crippen LogP contribution in [0.3, 0.4) is 0 Å². The zero-order chi connectivity index (χ0) is 11.1. The molecular formula is C10H22N2O2. The number of nitrogens with two attached hydrogens (primary N) is 1. The summed E-state index contributed by atoms with van der Waals surface area (Å²) in [5, 5.41) is 8.84. The molecule has 0 aromatic rings. The largest absolute Gasteiger partial charge is 0.395 e. The topological polar surface area (TPSA) is 66.6 Å². The highest BCUT2D eigenvalue weighted by atomic mass is 16.3.